The number of nitrogens with zero attached hydrogens (tertiary/aromatic N) is 2. The Morgan fingerprint density at radius 2 is 1.66 bits per heavy atom. The van der Waals surface area contributed by atoms with Gasteiger partial charge in [-0.15, -0.1) is 0 Å². The number of rotatable bonds is 8. The first-order valence-electron chi connectivity index (χ1n) is 12.8. The number of fused-ring (bicyclic) bond motifs is 3. The summed E-state index contributed by atoms with van der Waals surface area (Å²) in [6.07, 6.45) is 0.520. The summed E-state index contributed by atoms with van der Waals surface area (Å²) >= 11 is 0. The van der Waals surface area contributed by atoms with Crippen molar-refractivity contribution in [3.05, 3.63) is 64.4 Å². The Bertz CT molecular complexity index is 1310. The van der Waals surface area contributed by atoms with Crippen molar-refractivity contribution in [1.82, 2.24) is 14.8 Å². The van der Waals surface area contributed by atoms with E-state index in [4.69, 9.17) is 4.74 Å². The van der Waals surface area contributed by atoms with Gasteiger partial charge >= 0.3 is 0 Å². The van der Waals surface area contributed by atoms with E-state index in [2.05, 4.69) is 4.98 Å². The summed E-state index contributed by atoms with van der Waals surface area (Å²) in [6.45, 7) is 5.75. The lowest BCUT2D eigenvalue weighted by atomic mass is 9.87. The summed E-state index contributed by atoms with van der Waals surface area (Å²) in [4.78, 5) is 6.72. The van der Waals surface area contributed by atoms with E-state index in [-0.39, 0.29) is 30.0 Å². The van der Waals surface area contributed by atoms with Crippen LogP contribution in [0, 0.1) is 23.3 Å². The standard InChI is InChI=1S/C28H31F6N3O/c1-15-7-19-18-10-20(30)21(31)11-24(18)35-26(19)27(37(15)14-28(2,3)34)25-22(32)8-16(9-23(25)33)38-17-12-36(13-17)6-4-5-29/h8-11,15,17,27,35H,4-7,12-14H2,1-3H3/t15-,27-/m1/s1. The van der Waals surface area contributed by atoms with E-state index in [1.54, 1.807) is 4.90 Å². The van der Waals surface area contributed by atoms with Gasteiger partial charge in [-0.2, -0.15) is 0 Å². The van der Waals surface area contributed by atoms with Crippen molar-refractivity contribution in [3.8, 4) is 5.75 Å². The molecule has 206 valence electrons. The fourth-order valence-corrected chi connectivity index (χ4v) is 5.69. The summed E-state index contributed by atoms with van der Waals surface area (Å²) in [7, 11) is 0. The molecule has 4 nitrogen and oxygen atoms in total. The molecule has 3 aromatic rings. The van der Waals surface area contributed by atoms with E-state index in [1.807, 2.05) is 11.8 Å². The third kappa shape index (κ3) is 5.12. The minimum Gasteiger partial charge on any atom is -0.488 e. The summed E-state index contributed by atoms with van der Waals surface area (Å²) in [5.41, 5.74) is -0.675. The predicted octanol–water partition coefficient (Wildman–Crippen LogP) is 6.23. The Hall–Kier alpha value is -2.72. The van der Waals surface area contributed by atoms with Crippen LogP contribution >= 0.6 is 0 Å². The van der Waals surface area contributed by atoms with Gasteiger partial charge in [0.1, 0.15) is 29.2 Å². The molecule has 38 heavy (non-hydrogen) atoms. The number of hydrogen-bond acceptors (Lipinski definition) is 3. The van der Waals surface area contributed by atoms with Crippen LogP contribution in [0.5, 0.6) is 5.75 Å². The number of aromatic amines is 1. The molecule has 1 N–H and O–H groups in total. The second-order valence-electron chi connectivity index (χ2n) is 11.0. The molecule has 2 atom stereocenters. The van der Waals surface area contributed by atoms with Gasteiger partial charge in [0.15, 0.2) is 11.6 Å². The molecule has 0 saturated carbocycles. The van der Waals surface area contributed by atoms with E-state index in [1.165, 1.54) is 13.8 Å². The van der Waals surface area contributed by atoms with Crippen LogP contribution in [0.2, 0.25) is 0 Å². The van der Waals surface area contributed by atoms with Gasteiger partial charge in [0.2, 0.25) is 0 Å². The molecule has 0 bridgehead atoms. The van der Waals surface area contributed by atoms with Gasteiger partial charge in [-0.05, 0) is 45.2 Å². The van der Waals surface area contributed by atoms with Crippen LogP contribution in [0.15, 0.2) is 24.3 Å². The third-order valence-corrected chi connectivity index (χ3v) is 7.37. The summed E-state index contributed by atoms with van der Waals surface area (Å²) in [5.74, 6) is -3.76. The number of H-pyrrole nitrogens is 1. The van der Waals surface area contributed by atoms with E-state index in [0.29, 0.717) is 54.6 Å². The fraction of sp³-hybridized carbons (Fsp3) is 0.500. The SMILES string of the molecule is C[C@@H]1Cc2c([nH]c3cc(F)c(F)cc23)[C@@H](c2c(F)cc(OC3CN(CCCF)C3)cc2F)N1CC(C)(C)F. The number of aromatic nitrogens is 1. The highest BCUT2D eigenvalue weighted by Gasteiger charge is 2.41. The molecule has 0 unspecified atom stereocenters. The summed E-state index contributed by atoms with van der Waals surface area (Å²) in [5, 5.41) is 0.429. The zero-order valence-electron chi connectivity index (χ0n) is 21.6. The molecule has 1 saturated heterocycles. The molecular weight excluding hydrogens is 508 g/mol. The van der Waals surface area contributed by atoms with Crippen LogP contribution in [0.3, 0.4) is 0 Å². The maximum Gasteiger partial charge on any atom is 0.160 e. The Morgan fingerprint density at radius 1 is 1.00 bits per heavy atom. The monoisotopic (exact) mass is 539 g/mol. The van der Waals surface area contributed by atoms with Gasteiger partial charge in [-0.25, -0.2) is 22.0 Å². The minimum absolute atomic E-state index is 0.0288. The van der Waals surface area contributed by atoms with E-state index >= 15 is 8.78 Å². The van der Waals surface area contributed by atoms with Crippen LogP contribution in [0.4, 0.5) is 26.3 Å². The topological polar surface area (TPSA) is 31.5 Å². The molecule has 0 aliphatic carbocycles. The third-order valence-electron chi connectivity index (χ3n) is 7.37. The number of halogens is 6. The van der Waals surface area contributed by atoms with Crippen LogP contribution in [-0.4, -0.2) is 65.5 Å². The second kappa shape index (κ2) is 10.1. The summed E-state index contributed by atoms with van der Waals surface area (Å²) in [6, 6.07) is 2.92. The average molecular weight is 540 g/mol. The molecule has 2 aliphatic rings. The number of likely N-dealkylation sites (tertiary alicyclic amines) is 1. The fourth-order valence-electron chi connectivity index (χ4n) is 5.69. The highest BCUT2D eigenvalue weighted by Crippen LogP contribution is 2.44. The first-order chi connectivity index (χ1) is 17.9. The zero-order chi connectivity index (χ0) is 27.4. The van der Waals surface area contributed by atoms with Gasteiger partial charge in [0.05, 0.1) is 12.7 Å². The van der Waals surface area contributed by atoms with Gasteiger partial charge in [-0.3, -0.25) is 14.2 Å². The normalized spacial score (nSPS) is 21.1. The van der Waals surface area contributed by atoms with Crippen LogP contribution in [-0.2, 0) is 6.42 Å². The van der Waals surface area contributed by atoms with Crippen LogP contribution < -0.4 is 4.74 Å². The smallest absolute Gasteiger partial charge is 0.160 e. The molecule has 3 heterocycles. The molecule has 0 amide bonds. The molecular formula is C28H31F6N3O. The Morgan fingerprint density at radius 3 is 2.29 bits per heavy atom. The molecule has 10 heteroatoms. The van der Waals surface area contributed by atoms with Crippen molar-refractivity contribution >= 4 is 10.9 Å². The second-order valence-corrected chi connectivity index (χ2v) is 11.0. The molecule has 2 aromatic carbocycles. The molecule has 1 aromatic heterocycles. The highest BCUT2D eigenvalue weighted by molar-refractivity contribution is 5.85. The highest BCUT2D eigenvalue weighted by atomic mass is 19.2. The lowest BCUT2D eigenvalue weighted by Gasteiger charge is -2.43. The van der Waals surface area contributed by atoms with Crippen molar-refractivity contribution in [2.75, 3.05) is 32.9 Å². The van der Waals surface area contributed by atoms with Crippen molar-refractivity contribution in [2.45, 2.75) is 57.5 Å². The number of hydrogen-bond donors (Lipinski definition) is 1. The quantitative estimate of drug-likeness (QED) is 0.345. The molecule has 0 radical (unpaired) electrons. The van der Waals surface area contributed by atoms with Gasteiger partial charge < -0.3 is 9.72 Å². The molecule has 2 aliphatic heterocycles. The van der Waals surface area contributed by atoms with Crippen molar-refractivity contribution in [1.29, 1.82) is 0 Å². The Balaban J connectivity index is 1.53. The van der Waals surface area contributed by atoms with E-state index in [0.717, 1.165) is 24.3 Å². The van der Waals surface area contributed by atoms with Gasteiger partial charge in [-0.1, -0.05) is 0 Å². The maximum atomic E-state index is 15.7. The van der Waals surface area contributed by atoms with Gasteiger partial charge in [0.25, 0.3) is 0 Å². The van der Waals surface area contributed by atoms with Crippen molar-refractivity contribution in [3.63, 3.8) is 0 Å². The lowest BCUT2D eigenvalue weighted by molar-refractivity contribution is 0.0179. The Kier molecular flexibility index (Phi) is 7.15. The number of ether oxygens (including phenoxy) is 1. The summed E-state index contributed by atoms with van der Waals surface area (Å²) < 4.78 is 92.5. The predicted molar refractivity (Wildman–Crippen MR) is 133 cm³/mol. The lowest BCUT2D eigenvalue weighted by Crippen LogP contribution is -2.53. The molecule has 0 spiro atoms. The van der Waals surface area contributed by atoms with Crippen molar-refractivity contribution in [2.24, 2.45) is 0 Å². The largest absolute Gasteiger partial charge is 0.488 e. The van der Waals surface area contributed by atoms with E-state index < -0.39 is 41.7 Å². The molecule has 1 fully saturated rings. The Labute approximate surface area is 217 Å². The van der Waals surface area contributed by atoms with Crippen LogP contribution in [0.25, 0.3) is 10.9 Å². The van der Waals surface area contributed by atoms with Gasteiger partial charge in [0, 0.05) is 72.6 Å². The maximum absolute atomic E-state index is 15.7. The first-order valence-corrected chi connectivity index (χ1v) is 12.8. The average Bonchev–Trinajstić information content (AvgIpc) is 3.12. The van der Waals surface area contributed by atoms with Crippen LogP contribution in [0.1, 0.15) is 50.1 Å². The van der Waals surface area contributed by atoms with Crippen molar-refractivity contribution < 1.29 is 31.1 Å². The number of nitrogens with one attached hydrogen (secondary N) is 1. The first kappa shape index (κ1) is 26.9. The van der Waals surface area contributed by atoms with E-state index in [9.17, 15) is 17.6 Å². The zero-order valence-corrected chi connectivity index (χ0v) is 21.6. The number of alkyl halides is 2. The number of benzene rings is 2. The minimum atomic E-state index is -1.68. The molecule has 5 rings (SSSR count).